The summed E-state index contributed by atoms with van der Waals surface area (Å²) in [7, 11) is 2.00. The van der Waals surface area contributed by atoms with Crippen molar-refractivity contribution >= 4 is 29.1 Å². The van der Waals surface area contributed by atoms with E-state index in [-0.39, 0.29) is 0 Å². The molecule has 6 nitrogen and oxygen atoms in total. The molecule has 8 heteroatoms. The van der Waals surface area contributed by atoms with Gasteiger partial charge in [-0.1, -0.05) is 11.8 Å². The van der Waals surface area contributed by atoms with Crippen LogP contribution < -0.4 is 10.6 Å². The maximum Gasteiger partial charge on any atom is 0.191 e. The number of hydrogen-bond donors (Lipinski definition) is 2. The van der Waals surface area contributed by atoms with Gasteiger partial charge in [0, 0.05) is 49.2 Å². The van der Waals surface area contributed by atoms with E-state index in [9.17, 15) is 0 Å². The molecule has 0 aromatic carbocycles. The maximum atomic E-state index is 4.71. The van der Waals surface area contributed by atoms with Gasteiger partial charge in [-0.25, -0.2) is 4.98 Å². The number of hydrogen-bond acceptors (Lipinski definition) is 5. The van der Waals surface area contributed by atoms with Gasteiger partial charge < -0.3 is 10.6 Å². The molecule has 1 unspecified atom stereocenters. The minimum atomic E-state index is 0.291. The lowest BCUT2D eigenvalue weighted by Crippen LogP contribution is -2.43. The Labute approximate surface area is 164 Å². The Kier molecular flexibility index (Phi) is 8.44. The molecule has 144 valence electrons. The van der Waals surface area contributed by atoms with Crippen LogP contribution in [0.4, 0.5) is 0 Å². The number of nitrogens with one attached hydrogen (secondary N) is 2. The molecule has 0 fully saturated rings. The zero-order chi connectivity index (χ0) is 18.9. The molecule has 2 N–H and O–H groups in total. The zero-order valence-electron chi connectivity index (χ0n) is 16.4. The van der Waals surface area contributed by atoms with Gasteiger partial charge in [0.2, 0.25) is 0 Å². The average molecular weight is 395 g/mol. The molecule has 2 heterocycles. The van der Waals surface area contributed by atoms with Crippen molar-refractivity contribution in [1.29, 1.82) is 0 Å². The first-order chi connectivity index (χ1) is 12.5. The lowest BCUT2D eigenvalue weighted by atomic mass is 10.1. The van der Waals surface area contributed by atoms with Gasteiger partial charge in [0.15, 0.2) is 5.96 Å². The number of thiazole rings is 1. The van der Waals surface area contributed by atoms with E-state index in [1.165, 1.54) is 11.3 Å². The number of thioether (sulfide) groups is 1. The molecule has 0 aliphatic heterocycles. The molecular formula is C18H30N6S2. The Morgan fingerprint density at radius 1 is 1.42 bits per heavy atom. The monoisotopic (exact) mass is 394 g/mol. The summed E-state index contributed by atoms with van der Waals surface area (Å²) in [6, 6.07) is 0.291. The number of guanidine groups is 1. The highest BCUT2D eigenvalue weighted by molar-refractivity contribution is 8.00. The van der Waals surface area contributed by atoms with Gasteiger partial charge in [-0.2, -0.15) is 5.10 Å². The van der Waals surface area contributed by atoms with Crippen molar-refractivity contribution in [3.63, 3.8) is 0 Å². The van der Waals surface area contributed by atoms with E-state index in [4.69, 9.17) is 4.99 Å². The standard InChI is InChI=1S/C18H30N6S2/c1-6-19-17(20-8-7-10-25-18-21-9-11-26-18)22-13(2)12-16-14(3)23-24(5)15(16)4/h9,11,13H,6-8,10,12H2,1-5H3,(H2,19,20,22). The highest BCUT2D eigenvalue weighted by Crippen LogP contribution is 2.20. The normalized spacial score (nSPS) is 13.0. The number of nitrogens with zero attached hydrogens (tertiary/aromatic N) is 4. The molecule has 0 saturated heterocycles. The highest BCUT2D eigenvalue weighted by Gasteiger charge is 2.13. The number of rotatable bonds is 9. The van der Waals surface area contributed by atoms with E-state index in [1.54, 1.807) is 23.1 Å². The number of aromatic nitrogens is 3. The highest BCUT2D eigenvalue weighted by atomic mass is 32.2. The fourth-order valence-electron chi connectivity index (χ4n) is 2.72. The first kappa shape index (κ1) is 20.8. The predicted octanol–water partition coefficient (Wildman–Crippen LogP) is 3.16. The van der Waals surface area contributed by atoms with Crippen molar-refractivity contribution < 1.29 is 0 Å². The molecule has 0 aliphatic carbocycles. The van der Waals surface area contributed by atoms with Gasteiger partial charge in [-0.15, -0.1) is 11.3 Å². The van der Waals surface area contributed by atoms with Crippen molar-refractivity contribution in [1.82, 2.24) is 25.4 Å². The third-order valence-corrected chi connectivity index (χ3v) is 6.16. The summed E-state index contributed by atoms with van der Waals surface area (Å²) in [4.78, 5) is 8.99. The smallest absolute Gasteiger partial charge is 0.191 e. The second kappa shape index (κ2) is 10.6. The average Bonchev–Trinajstić information content (AvgIpc) is 3.19. The lowest BCUT2D eigenvalue weighted by Gasteiger charge is -2.18. The van der Waals surface area contributed by atoms with Crippen LogP contribution in [0.5, 0.6) is 0 Å². The Hall–Kier alpha value is -1.54. The van der Waals surface area contributed by atoms with Crippen LogP contribution in [0, 0.1) is 13.8 Å². The van der Waals surface area contributed by atoms with Crippen LogP contribution in [-0.2, 0) is 13.5 Å². The number of aryl methyl sites for hydroxylation is 2. The van der Waals surface area contributed by atoms with Crippen LogP contribution >= 0.6 is 23.1 Å². The van der Waals surface area contributed by atoms with Gasteiger partial charge >= 0.3 is 0 Å². The van der Waals surface area contributed by atoms with E-state index in [2.05, 4.69) is 48.4 Å². The van der Waals surface area contributed by atoms with Crippen molar-refractivity contribution in [3.05, 3.63) is 28.5 Å². The molecule has 0 saturated carbocycles. The first-order valence-electron chi connectivity index (χ1n) is 9.07. The van der Waals surface area contributed by atoms with E-state index in [0.29, 0.717) is 6.04 Å². The van der Waals surface area contributed by atoms with Crippen LogP contribution in [0.15, 0.2) is 20.9 Å². The van der Waals surface area contributed by atoms with Crippen LogP contribution in [0.3, 0.4) is 0 Å². The second-order valence-corrected chi connectivity index (χ2v) is 8.52. The van der Waals surface area contributed by atoms with E-state index in [1.807, 2.05) is 23.3 Å². The minimum absolute atomic E-state index is 0.291. The number of aliphatic imine (C=N–C) groups is 1. The Morgan fingerprint density at radius 3 is 2.85 bits per heavy atom. The topological polar surface area (TPSA) is 67.1 Å². The maximum absolute atomic E-state index is 4.71. The van der Waals surface area contributed by atoms with Gasteiger partial charge in [-0.05, 0) is 46.1 Å². The fourth-order valence-corrected chi connectivity index (χ4v) is 4.35. The molecule has 0 bridgehead atoms. The summed E-state index contributed by atoms with van der Waals surface area (Å²) in [5.41, 5.74) is 3.67. The molecule has 0 spiro atoms. The Bertz CT molecular complexity index is 693. The second-order valence-electron chi connectivity index (χ2n) is 6.28. The quantitative estimate of drug-likeness (QED) is 0.296. The summed E-state index contributed by atoms with van der Waals surface area (Å²) < 4.78 is 3.09. The van der Waals surface area contributed by atoms with Crippen LogP contribution in [0.1, 0.15) is 37.2 Å². The first-order valence-corrected chi connectivity index (χ1v) is 10.9. The van der Waals surface area contributed by atoms with Crippen molar-refractivity contribution in [2.45, 2.75) is 50.9 Å². The third-order valence-electron chi connectivity index (χ3n) is 4.10. The van der Waals surface area contributed by atoms with E-state index in [0.717, 1.165) is 47.7 Å². The Balaban J connectivity index is 1.81. The van der Waals surface area contributed by atoms with Crippen molar-refractivity contribution in [3.8, 4) is 0 Å². The minimum Gasteiger partial charge on any atom is -0.357 e. The van der Waals surface area contributed by atoms with E-state index < -0.39 is 0 Å². The molecule has 2 aromatic rings. The van der Waals surface area contributed by atoms with Crippen LogP contribution in [-0.4, -0.2) is 45.6 Å². The van der Waals surface area contributed by atoms with Crippen LogP contribution in [0.2, 0.25) is 0 Å². The van der Waals surface area contributed by atoms with Crippen molar-refractivity contribution in [2.24, 2.45) is 12.0 Å². The summed E-state index contributed by atoms with van der Waals surface area (Å²) in [5.74, 6) is 1.93. The summed E-state index contributed by atoms with van der Waals surface area (Å²) in [6.07, 6.45) is 3.83. The molecule has 26 heavy (non-hydrogen) atoms. The third kappa shape index (κ3) is 6.32. The van der Waals surface area contributed by atoms with Crippen LogP contribution in [0.25, 0.3) is 0 Å². The SMILES string of the molecule is CCNC(=NCCCSc1nccs1)NC(C)Cc1c(C)nn(C)c1C. The van der Waals surface area contributed by atoms with Crippen molar-refractivity contribution in [2.75, 3.05) is 18.8 Å². The predicted molar refractivity (Wildman–Crippen MR) is 112 cm³/mol. The molecule has 2 aromatic heterocycles. The molecule has 0 radical (unpaired) electrons. The summed E-state index contributed by atoms with van der Waals surface area (Å²) in [5, 5.41) is 13.4. The largest absolute Gasteiger partial charge is 0.357 e. The fraction of sp³-hybridized carbons (Fsp3) is 0.611. The lowest BCUT2D eigenvalue weighted by molar-refractivity contribution is 0.635. The molecule has 0 aliphatic rings. The molecule has 2 rings (SSSR count). The van der Waals surface area contributed by atoms with Gasteiger partial charge in [0.1, 0.15) is 4.34 Å². The van der Waals surface area contributed by atoms with E-state index >= 15 is 0 Å². The van der Waals surface area contributed by atoms with Gasteiger partial charge in [0.25, 0.3) is 0 Å². The van der Waals surface area contributed by atoms with Gasteiger partial charge in [0.05, 0.1) is 5.69 Å². The Morgan fingerprint density at radius 2 is 2.23 bits per heavy atom. The zero-order valence-corrected chi connectivity index (χ0v) is 18.0. The van der Waals surface area contributed by atoms with Gasteiger partial charge in [-0.3, -0.25) is 9.67 Å². The molecule has 0 amide bonds. The molecular weight excluding hydrogens is 364 g/mol. The summed E-state index contributed by atoms with van der Waals surface area (Å²) in [6.45, 7) is 10.2. The molecule has 1 atom stereocenters. The summed E-state index contributed by atoms with van der Waals surface area (Å²) >= 11 is 3.49.